The molecule has 0 saturated heterocycles. The van der Waals surface area contributed by atoms with E-state index in [1.807, 2.05) is 6.92 Å². The Morgan fingerprint density at radius 3 is 2.47 bits per heavy atom. The summed E-state index contributed by atoms with van der Waals surface area (Å²) in [6.07, 6.45) is 0.850. The third-order valence-electron chi connectivity index (χ3n) is 2.39. The second kappa shape index (κ2) is 3.98. The number of aromatic hydroxyl groups is 1. The predicted molar refractivity (Wildman–Crippen MR) is 56.3 cm³/mol. The zero-order chi connectivity index (χ0) is 10.8. The summed E-state index contributed by atoms with van der Waals surface area (Å²) in [4.78, 5) is 0. The lowest BCUT2D eigenvalue weighted by Gasteiger charge is -2.13. The van der Waals surface area contributed by atoms with Crippen LogP contribution in [0.15, 0.2) is 12.1 Å². The molecule has 1 aromatic carbocycles. The maximum absolute atomic E-state index is 9.71. The first-order chi connectivity index (χ1) is 7.18. The molecule has 0 bridgehead atoms. The Morgan fingerprint density at radius 2 is 1.87 bits per heavy atom. The van der Waals surface area contributed by atoms with Crippen molar-refractivity contribution in [3.8, 4) is 17.2 Å². The van der Waals surface area contributed by atoms with E-state index in [0.717, 1.165) is 6.42 Å². The second-order valence-corrected chi connectivity index (χ2v) is 3.70. The predicted octanol–water partition coefficient (Wildman–Crippen LogP) is 1.57. The molecule has 3 N–H and O–H groups in total. The molecule has 1 aliphatic heterocycles. The molecule has 2 rings (SSSR count). The van der Waals surface area contributed by atoms with Gasteiger partial charge in [-0.3, -0.25) is 0 Å². The van der Waals surface area contributed by atoms with Crippen LogP contribution in [0, 0.1) is 0 Å². The smallest absolute Gasteiger partial charge is 0.164 e. The quantitative estimate of drug-likeness (QED) is 0.737. The molecule has 0 aromatic heterocycles. The summed E-state index contributed by atoms with van der Waals surface area (Å²) in [6.45, 7) is 3.07. The van der Waals surface area contributed by atoms with E-state index in [1.54, 1.807) is 12.1 Å². The van der Waals surface area contributed by atoms with Crippen LogP contribution in [-0.2, 0) is 0 Å². The van der Waals surface area contributed by atoms with Crippen LogP contribution in [-0.4, -0.2) is 18.3 Å². The average Bonchev–Trinajstić information content (AvgIpc) is 2.40. The van der Waals surface area contributed by atoms with Gasteiger partial charge < -0.3 is 20.3 Å². The standard InChI is InChI=1S/C11H15NO3/c1-7(12)8-5-10-11(6-9(8)13)15-4-2-3-14-10/h5-7,13H,2-4,12H2,1H3. The lowest BCUT2D eigenvalue weighted by molar-refractivity contribution is 0.296. The van der Waals surface area contributed by atoms with Crippen molar-refractivity contribution in [2.45, 2.75) is 19.4 Å². The highest BCUT2D eigenvalue weighted by Crippen LogP contribution is 2.37. The molecule has 15 heavy (non-hydrogen) atoms. The van der Waals surface area contributed by atoms with Crippen molar-refractivity contribution in [3.05, 3.63) is 17.7 Å². The fourth-order valence-corrected chi connectivity index (χ4v) is 1.58. The number of fused-ring (bicyclic) bond motifs is 1. The van der Waals surface area contributed by atoms with Gasteiger partial charge in [0.1, 0.15) is 5.75 Å². The Kier molecular flexibility index (Phi) is 2.68. The fourth-order valence-electron chi connectivity index (χ4n) is 1.58. The summed E-state index contributed by atoms with van der Waals surface area (Å²) in [5, 5.41) is 9.71. The van der Waals surface area contributed by atoms with Crippen LogP contribution in [0.25, 0.3) is 0 Å². The van der Waals surface area contributed by atoms with E-state index < -0.39 is 0 Å². The summed E-state index contributed by atoms with van der Waals surface area (Å²) in [5.41, 5.74) is 6.41. The second-order valence-electron chi connectivity index (χ2n) is 3.70. The van der Waals surface area contributed by atoms with Crippen molar-refractivity contribution >= 4 is 0 Å². The topological polar surface area (TPSA) is 64.7 Å². The van der Waals surface area contributed by atoms with Gasteiger partial charge in [-0.25, -0.2) is 0 Å². The highest BCUT2D eigenvalue weighted by atomic mass is 16.5. The first kappa shape index (κ1) is 10.1. The van der Waals surface area contributed by atoms with E-state index >= 15 is 0 Å². The van der Waals surface area contributed by atoms with Crippen molar-refractivity contribution in [1.29, 1.82) is 0 Å². The fraction of sp³-hybridized carbons (Fsp3) is 0.455. The van der Waals surface area contributed by atoms with E-state index in [-0.39, 0.29) is 11.8 Å². The zero-order valence-electron chi connectivity index (χ0n) is 8.69. The lowest BCUT2D eigenvalue weighted by Crippen LogP contribution is -2.06. The first-order valence-corrected chi connectivity index (χ1v) is 5.06. The monoisotopic (exact) mass is 209 g/mol. The summed E-state index contributed by atoms with van der Waals surface area (Å²) >= 11 is 0. The molecule has 82 valence electrons. The van der Waals surface area contributed by atoms with Gasteiger partial charge in [0.15, 0.2) is 11.5 Å². The van der Waals surface area contributed by atoms with Crippen LogP contribution in [0.1, 0.15) is 24.9 Å². The molecule has 0 saturated carbocycles. The van der Waals surface area contributed by atoms with Gasteiger partial charge in [-0.15, -0.1) is 0 Å². The van der Waals surface area contributed by atoms with Crippen LogP contribution in [0.5, 0.6) is 17.2 Å². The maximum atomic E-state index is 9.71. The Morgan fingerprint density at radius 1 is 1.27 bits per heavy atom. The number of phenolic OH excluding ortho intramolecular Hbond substituents is 1. The molecule has 0 fully saturated rings. The molecule has 1 unspecified atom stereocenters. The largest absolute Gasteiger partial charge is 0.507 e. The van der Waals surface area contributed by atoms with E-state index in [0.29, 0.717) is 30.3 Å². The Balaban J connectivity index is 2.42. The molecule has 0 radical (unpaired) electrons. The molecule has 4 nitrogen and oxygen atoms in total. The van der Waals surface area contributed by atoms with Gasteiger partial charge in [0.2, 0.25) is 0 Å². The van der Waals surface area contributed by atoms with Crippen LogP contribution in [0.2, 0.25) is 0 Å². The molecule has 1 aromatic rings. The van der Waals surface area contributed by atoms with Crippen molar-refractivity contribution in [2.75, 3.05) is 13.2 Å². The summed E-state index contributed by atoms with van der Waals surface area (Å²) in [5.74, 6) is 1.42. The van der Waals surface area contributed by atoms with Gasteiger partial charge in [-0.05, 0) is 13.0 Å². The number of phenols is 1. The minimum absolute atomic E-state index is 0.161. The minimum Gasteiger partial charge on any atom is -0.507 e. The molecule has 0 amide bonds. The normalized spacial score (nSPS) is 16.9. The number of ether oxygens (including phenoxy) is 2. The van der Waals surface area contributed by atoms with Crippen molar-refractivity contribution in [1.82, 2.24) is 0 Å². The molecular formula is C11H15NO3. The van der Waals surface area contributed by atoms with Crippen LogP contribution >= 0.6 is 0 Å². The zero-order valence-corrected chi connectivity index (χ0v) is 8.69. The van der Waals surface area contributed by atoms with Gasteiger partial charge in [0.25, 0.3) is 0 Å². The van der Waals surface area contributed by atoms with Crippen LogP contribution in [0.4, 0.5) is 0 Å². The third kappa shape index (κ3) is 1.99. The Hall–Kier alpha value is -1.42. The summed E-state index contributed by atoms with van der Waals surface area (Å²) < 4.78 is 10.9. The molecule has 1 heterocycles. The van der Waals surface area contributed by atoms with Gasteiger partial charge in [0.05, 0.1) is 13.2 Å². The lowest BCUT2D eigenvalue weighted by atomic mass is 10.1. The minimum atomic E-state index is -0.220. The average molecular weight is 209 g/mol. The van der Waals surface area contributed by atoms with Gasteiger partial charge >= 0.3 is 0 Å². The van der Waals surface area contributed by atoms with Crippen LogP contribution in [0.3, 0.4) is 0 Å². The van der Waals surface area contributed by atoms with Gasteiger partial charge in [-0.2, -0.15) is 0 Å². The van der Waals surface area contributed by atoms with E-state index in [9.17, 15) is 5.11 Å². The van der Waals surface area contributed by atoms with E-state index in [4.69, 9.17) is 15.2 Å². The number of nitrogens with two attached hydrogens (primary N) is 1. The number of hydrogen-bond acceptors (Lipinski definition) is 4. The highest BCUT2D eigenvalue weighted by molar-refractivity contribution is 5.51. The molecule has 1 atom stereocenters. The molecular weight excluding hydrogens is 194 g/mol. The van der Waals surface area contributed by atoms with Crippen molar-refractivity contribution in [3.63, 3.8) is 0 Å². The number of benzene rings is 1. The number of rotatable bonds is 1. The highest BCUT2D eigenvalue weighted by Gasteiger charge is 2.16. The molecule has 1 aliphatic rings. The molecule has 0 spiro atoms. The number of hydrogen-bond donors (Lipinski definition) is 2. The molecule has 4 heteroatoms. The van der Waals surface area contributed by atoms with Crippen LogP contribution < -0.4 is 15.2 Å². The third-order valence-corrected chi connectivity index (χ3v) is 2.39. The van der Waals surface area contributed by atoms with Gasteiger partial charge in [0, 0.05) is 24.1 Å². The Labute approximate surface area is 88.6 Å². The summed E-state index contributed by atoms with van der Waals surface area (Å²) in [7, 11) is 0. The SMILES string of the molecule is CC(N)c1cc2c(cc1O)OCCCO2. The molecule has 0 aliphatic carbocycles. The first-order valence-electron chi connectivity index (χ1n) is 5.06. The van der Waals surface area contributed by atoms with Gasteiger partial charge in [-0.1, -0.05) is 0 Å². The maximum Gasteiger partial charge on any atom is 0.164 e. The van der Waals surface area contributed by atoms with E-state index in [1.165, 1.54) is 0 Å². The summed E-state index contributed by atoms with van der Waals surface area (Å²) in [6, 6.07) is 3.10. The van der Waals surface area contributed by atoms with E-state index in [2.05, 4.69) is 0 Å². The van der Waals surface area contributed by atoms with Crippen molar-refractivity contribution < 1.29 is 14.6 Å². The van der Waals surface area contributed by atoms with Crippen molar-refractivity contribution in [2.24, 2.45) is 5.73 Å². The Bertz CT molecular complexity index is 363.